The molecule has 25 heavy (non-hydrogen) atoms. The van der Waals surface area contributed by atoms with Crippen LogP contribution in [0.4, 0.5) is 10.5 Å². The van der Waals surface area contributed by atoms with Crippen LogP contribution in [0.5, 0.6) is 0 Å². The lowest BCUT2D eigenvalue weighted by Gasteiger charge is -2.32. The molecule has 1 fully saturated rings. The summed E-state index contributed by atoms with van der Waals surface area (Å²) in [6, 6.07) is 7.68. The van der Waals surface area contributed by atoms with E-state index in [1.807, 2.05) is 45.0 Å². The van der Waals surface area contributed by atoms with E-state index in [0.717, 1.165) is 17.7 Å². The Morgan fingerprint density at radius 2 is 1.80 bits per heavy atom. The van der Waals surface area contributed by atoms with Crippen LogP contribution in [0.3, 0.4) is 0 Å². The number of carbonyl (C=O) groups excluding carboxylic acids is 2. The summed E-state index contributed by atoms with van der Waals surface area (Å²) in [5.41, 5.74) is 7.06. The zero-order valence-electron chi connectivity index (χ0n) is 15.4. The third kappa shape index (κ3) is 6.29. The molecular formula is C19H29N3O3. The minimum atomic E-state index is -0.493. The quantitative estimate of drug-likeness (QED) is 0.820. The van der Waals surface area contributed by atoms with E-state index in [4.69, 9.17) is 10.5 Å². The van der Waals surface area contributed by atoms with Crippen LogP contribution in [0.25, 0.3) is 0 Å². The number of hydrogen-bond acceptors (Lipinski definition) is 4. The maximum Gasteiger partial charge on any atom is 0.410 e. The van der Waals surface area contributed by atoms with Gasteiger partial charge in [-0.1, -0.05) is 12.1 Å². The summed E-state index contributed by atoms with van der Waals surface area (Å²) in [5.74, 6) is 0.0318. The molecule has 138 valence electrons. The van der Waals surface area contributed by atoms with Gasteiger partial charge in [-0.05, 0) is 57.7 Å². The summed E-state index contributed by atoms with van der Waals surface area (Å²) in [4.78, 5) is 26.0. The second-order valence-electron chi connectivity index (χ2n) is 7.52. The normalized spacial score (nSPS) is 15.7. The Morgan fingerprint density at radius 3 is 2.36 bits per heavy atom. The molecule has 0 aliphatic carbocycles. The van der Waals surface area contributed by atoms with Crippen molar-refractivity contribution < 1.29 is 14.3 Å². The molecular weight excluding hydrogens is 318 g/mol. The number of hydrogen-bond donors (Lipinski definition) is 2. The molecule has 2 amide bonds. The number of anilines is 1. The summed E-state index contributed by atoms with van der Waals surface area (Å²) < 4.78 is 5.37. The van der Waals surface area contributed by atoms with E-state index in [1.165, 1.54) is 0 Å². The summed E-state index contributed by atoms with van der Waals surface area (Å²) >= 11 is 0. The zero-order valence-corrected chi connectivity index (χ0v) is 15.4. The minimum absolute atomic E-state index is 0.0369. The molecule has 1 saturated heterocycles. The fraction of sp³-hybridized carbons (Fsp3) is 0.579. The highest BCUT2D eigenvalue weighted by molar-refractivity contribution is 5.79. The molecule has 2 rings (SSSR count). The SMILES string of the molecule is CC(C)(C)OC(=O)N1CCC(C(=O)NCCc2ccc(N)cc2)CC1. The van der Waals surface area contributed by atoms with Crippen molar-refractivity contribution >= 4 is 17.7 Å². The van der Waals surface area contributed by atoms with Crippen molar-refractivity contribution in [3.8, 4) is 0 Å². The Labute approximate surface area is 149 Å². The van der Waals surface area contributed by atoms with Crippen LogP contribution >= 0.6 is 0 Å². The number of ether oxygens (including phenoxy) is 1. The van der Waals surface area contributed by atoms with Crippen molar-refractivity contribution in [2.45, 2.75) is 45.6 Å². The lowest BCUT2D eigenvalue weighted by Crippen LogP contribution is -2.45. The predicted octanol–water partition coefficient (Wildman–Crippen LogP) is 2.57. The molecule has 1 aromatic rings. The molecule has 1 aliphatic rings. The largest absolute Gasteiger partial charge is 0.444 e. The molecule has 3 N–H and O–H groups in total. The second-order valence-corrected chi connectivity index (χ2v) is 7.52. The number of nitrogen functional groups attached to an aromatic ring is 1. The predicted molar refractivity (Wildman–Crippen MR) is 98.1 cm³/mol. The van der Waals surface area contributed by atoms with Gasteiger partial charge in [0.25, 0.3) is 0 Å². The molecule has 1 aliphatic heterocycles. The summed E-state index contributed by atoms with van der Waals surface area (Å²) in [7, 11) is 0. The number of carbonyl (C=O) groups is 2. The van der Waals surface area contributed by atoms with Crippen LogP contribution in [0.2, 0.25) is 0 Å². The monoisotopic (exact) mass is 347 g/mol. The van der Waals surface area contributed by atoms with Gasteiger partial charge >= 0.3 is 6.09 Å². The molecule has 1 aromatic carbocycles. The molecule has 0 aromatic heterocycles. The van der Waals surface area contributed by atoms with Crippen molar-refractivity contribution in [2.24, 2.45) is 5.92 Å². The number of piperidine rings is 1. The van der Waals surface area contributed by atoms with Crippen molar-refractivity contribution in [3.05, 3.63) is 29.8 Å². The number of amides is 2. The topological polar surface area (TPSA) is 84.7 Å². The van der Waals surface area contributed by atoms with Crippen LogP contribution in [-0.4, -0.2) is 42.1 Å². The van der Waals surface area contributed by atoms with Crippen molar-refractivity contribution in [2.75, 3.05) is 25.4 Å². The Kier molecular flexibility index (Phi) is 6.28. The van der Waals surface area contributed by atoms with E-state index in [2.05, 4.69) is 5.32 Å². The number of benzene rings is 1. The first-order valence-corrected chi connectivity index (χ1v) is 8.84. The zero-order chi connectivity index (χ0) is 18.4. The van der Waals surface area contributed by atoms with E-state index < -0.39 is 5.60 Å². The van der Waals surface area contributed by atoms with E-state index in [0.29, 0.717) is 32.5 Å². The van der Waals surface area contributed by atoms with Crippen LogP contribution in [0, 0.1) is 5.92 Å². The van der Waals surface area contributed by atoms with Crippen molar-refractivity contribution in [1.29, 1.82) is 0 Å². The van der Waals surface area contributed by atoms with E-state index >= 15 is 0 Å². The molecule has 0 saturated carbocycles. The van der Waals surface area contributed by atoms with Gasteiger partial charge in [-0.25, -0.2) is 4.79 Å². The standard InChI is InChI=1S/C19H29N3O3/c1-19(2,3)25-18(24)22-12-9-15(10-13-22)17(23)21-11-8-14-4-6-16(20)7-5-14/h4-7,15H,8-13,20H2,1-3H3,(H,21,23). The van der Waals surface area contributed by atoms with Gasteiger partial charge in [0.1, 0.15) is 5.60 Å². The third-order valence-electron chi connectivity index (χ3n) is 4.21. The first-order chi connectivity index (χ1) is 11.7. The fourth-order valence-electron chi connectivity index (χ4n) is 2.81. The van der Waals surface area contributed by atoms with Crippen molar-refractivity contribution in [3.63, 3.8) is 0 Å². The average molecular weight is 347 g/mol. The Hall–Kier alpha value is -2.24. The first kappa shape index (κ1) is 19.1. The van der Waals surface area contributed by atoms with Crippen LogP contribution < -0.4 is 11.1 Å². The van der Waals surface area contributed by atoms with Gasteiger partial charge in [-0.2, -0.15) is 0 Å². The molecule has 0 radical (unpaired) electrons. The Bertz CT molecular complexity index is 585. The van der Waals surface area contributed by atoms with E-state index in [9.17, 15) is 9.59 Å². The molecule has 0 spiro atoms. The molecule has 6 nitrogen and oxygen atoms in total. The fourth-order valence-corrected chi connectivity index (χ4v) is 2.81. The number of likely N-dealkylation sites (tertiary alicyclic amines) is 1. The van der Waals surface area contributed by atoms with Crippen LogP contribution in [0.15, 0.2) is 24.3 Å². The van der Waals surface area contributed by atoms with Gasteiger partial charge in [0, 0.05) is 31.2 Å². The molecule has 0 bridgehead atoms. The molecule has 1 heterocycles. The first-order valence-electron chi connectivity index (χ1n) is 8.84. The van der Waals surface area contributed by atoms with Gasteiger partial charge in [0.05, 0.1) is 0 Å². The summed E-state index contributed by atoms with van der Waals surface area (Å²) in [6.45, 7) is 7.29. The lowest BCUT2D eigenvalue weighted by molar-refractivity contribution is -0.126. The van der Waals surface area contributed by atoms with Crippen LogP contribution in [-0.2, 0) is 16.0 Å². The smallest absolute Gasteiger partial charge is 0.410 e. The number of rotatable bonds is 4. The van der Waals surface area contributed by atoms with Gasteiger partial charge in [0.15, 0.2) is 0 Å². The Balaban J connectivity index is 1.70. The molecule has 0 atom stereocenters. The highest BCUT2D eigenvalue weighted by atomic mass is 16.6. The van der Waals surface area contributed by atoms with Gasteiger partial charge in [-0.3, -0.25) is 4.79 Å². The van der Waals surface area contributed by atoms with E-state index in [-0.39, 0.29) is 17.9 Å². The number of nitrogens with zero attached hydrogens (tertiary/aromatic N) is 1. The number of nitrogens with two attached hydrogens (primary N) is 1. The lowest BCUT2D eigenvalue weighted by atomic mass is 9.96. The highest BCUT2D eigenvalue weighted by Crippen LogP contribution is 2.20. The van der Waals surface area contributed by atoms with Gasteiger partial charge in [0.2, 0.25) is 5.91 Å². The van der Waals surface area contributed by atoms with Crippen LogP contribution in [0.1, 0.15) is 39.2 Å². The Morgan fingerprint density at radius 1 is 1.20 bits per heavy atom. The summed E-state index contributed by atoms with van der Waals surface area (Å²) in [6.07, 6.45) is 1.83. The molecule has 0 unspecified atom stereocenters. The minimum Gasteiger partial charge on any atom is -0.444 e. The van der Waals surface area contributed by atoms with Gasteiger partial charge in [-0.15, -0.1) is 0 Å². The molecule has 6 heteroatoms. The summed E-state index contributed by atoms with van der Waals surface area (Å²) in [5, 5.41) is 2.99. The number of nitrogens with one attached hydrogen (secondary N) is 1. The third-order valence-corrected chi connectivity index (χ3v) is 4.21. The average Bonchev–Trinajstić information content (AvgIpc) is 2.55. The second kappa shape index (κ2) is 8.23. The maximum atomic E-state index is 12.3. The van der Waals surface area contributed by atoms with Crippen molar-refractivity contribution in [1.82, 2.24) is 10.2 Å². The highest BCUT2D eigenvalue weighted by Gasteiger charge is 2.29. The maximum absolute atomic E-state index is 12.3. The van der Waals surface area contributed by atoms with Gasteiger partial charge < -0.3 is 20.7 Å². The van der Waals surface area contributed by atoms with E-state index in [1.54, 1.807) is 4.90 Å².